The minimum atomic E-state index is -0.908. The van der Waals surface area contributed by atoms with E-state index in [0.717, 1.165) is 12.1 Å². The normalized spacial score (nSPS) is 10.0. The van der Waals surface area contributed by atoms with Crippen LogP contribution in [0.3, 0.4) is 0 Å². The number of carbonyl (C=O) groups excluding carboxylic acids is 2. The molecule has 0 spiro atoms. The van der Waals surface area contributed by atoms with Gasteiger partial charge in [0.15, 0.2) is 0 Å². The first-order valence-electron chi connectivity index (χ1n) is 6.67. The van der Waals surface area contributed by atoms with Crippen LogP contribution in [0.2, 0.25) is 0 Å². The van der Waals surface area contributed by atoms with E-state index in [2.05, 4.69) is 10.6 Å². The van der Waals surface area contributed by atoms with Crippen LogP contribution < -0.4 is 15.4 Å². The number of anilines is 2. The lowest BCUT2D eigenvalue weighted by Gasteiger charge is -2.08. The average molecular weight is 320 g/mol. The van der Waals surface area contributed by atoms with Crippen LogP contribution in [0.5, 0.6) is 5.75 Å². The number of amides is 2. The van der Waals surface area contributed by atoms with Crippen LogP contribution in [-0.2, 0) is 9.59 Å². The van der Waals surface area contributed by atoms with E-state index in [9.17, 15) is 18.4 Å². The molecular formula is C16H14F2N2O3. The molecule has 0 aliphatic carbocycles. The second-order valence-electron chi connectivity index (χ2n) is 4.63. The molecule has 0 aliphatic rings. The van der Waals surface area contributed by atoms with Gasteiger partial charge in [0.05, 0.1) is 12.8 Å². The smallest absolute Gasteiger partial charge is 0.233 e. The SMILES string of the molecule is COc1ccc(NC(=O)CC(=O)Nc2ccc(F)cc2F)cc1. The van der Waals surface area contributed by atoms with Crippen molar-refractivity contribution in [3.8, 4) is 5.75 Å². The summed E-state index contributed by atoms with van der Waals surface area (Å²) in [7, 11) is 1.52. The largest absolute Gasteiger partial charge is 0.497 e. The molecule has 0 heterocycles. The van der Waals surface area contributed by atoms with Crippen LogP contribution in [0.4, 0.5) is 20.2 Å². The van der Waals surface area contributed by atoms with Crippen molar-refractivity contribution in [1.82, 2.24) is 0 Å². The average Bonchev–Trinajstić information content (AvgIpc) is 2.50. The zero-order chi connectivity index (χ0) is 16.8. The molecule has 2 aromatic rings. The number of carbonyl (C=O) groups is 2. The predicted molar refractivity (Wildman–Crippen MR) is 81.2 cm³/mol. The predicted octanol–water partition coefficient (Wildman–Crippen LogP) is 2.94. The summed E-state index contributed by atoms with van der Waals surface area (Å²) < 4.78 is 31.2. The third-order valence-electron chi connectivity index (χ3n) is 2.90. The molecule has 0 unspecified atom stereocenters. The Morgan fingerprint density at radius 1 is 1.00 bits per heavy atom. The van der Waals surface area contributed by atoms with Gasteiger partial charge in [-0.3, -0.25) is 9.59 Å². The summed E-state index contributed by atoms with van der Waals surface area (Å²) in [6, 6.07) is 9.29. The maximum absolute atomic E-state index is 13.4. The highest BCUT2D eigenvalue weighted by Gasteiger charge is 2.12. The summed E-state index contributed by atoms with van der Waals surface area (Å²) >= 11 is 0. The number of nitrogens with one attached hydrogen (secondary N) is 2. The molecule has 2 aromatic carbocycles. The number of halogens is 2. The Labute approximate surface area is 131 Å². The Kier molecular flexibility index (Phi) is 5.24. The molecule has 0 aliphatic heterocycles. The molecule has 23 heavy (non-hydrogen) atoms. The van der Waals surface area contributed by atoms with Gasteiger partial charge in [0.2, 0.25) is 11.8 Å². The van der Waals surface area contributed by atoms with E-state index >= 15 is 0 Å². The number of methoxy groups -OCH3 is 1. The lowest BCUT2D eigenvalue weighted by molar-refractivity contribution is -0.123. The van der Waals surface area contributed by atoms with Crippen molar-refractivity contribution in [1.29, 1.82) is 0 Å². The van der Waals surface area contributed by atoms with Crippen molar-refractivity contribution in [2.45, 2.75) is 6.42 Å². The fourth-order valence-electron chi connectivity index (χ4n) is 1.81. The Bertz CT molecular complexity index is 718. The number of rotatable bonds is 5. The molecule has 5 nitrogen and oxygen atoms in total. The molecule has 2 N–H and O–H groups in total. The van der Waals surface area contributed by atoms with Gasteiger partial charge in [0.1, 0.15) is 23.8 Å². The molecule has 0 saturated heterocycles. The summed E-state index contributed by atoms with van der Waals surface area (Å²) in [5.74, 6) is -2.30. The van der Waals surface area contributed by atoms with Gasteiger partial charge < -0.3 is 15.4 Å². The molecule has 120 valence electrons. The third kappa shape index (κ3) is 4.77. The maximum atomic E-state index is 13.4. The van der Waals surface area contributed by atoms with Gasteiger partial charge in [-0.15, -0.1) is 0 Å². The lowest BCUT2D eigenvalue weighted by atomic mass is 10.2. The lowest BCUT2D eigenvalue weighted by Crippen LogP contribution is -2.21. The molecule has 0 saturated carbocycles. The zero-order valence-electron chi connectivity index (χ0n) is 12.2. The standard InChI is InChI=1S/C16H14F2N2O3/c1-23-12-5-3-11(4-6-12)19-15(21)9-16(22)20-14-7-2-10(17)8-13(14)18/h2-8H,9H2,1H3,(H,19,21)(H,20,22). The number of ether oxygens (including phenoxy) is 1. The molecule has 0 atom stereocenters. The van der Waals surface area contributed by atoms with E-state index in [-0.39, 0.29) is 5.69 Å². The summed E-state index contributed by atoms with van der Waals surface area (Å²) in [5.41, 5.74) is 0.310. The molecular weight excluding hydrogens is 306 g/mol. The summed E-state index contributed by atoms with van der Waals surface area (Å²) in [6.07, 6.45) is -0.497. The van der Waals surface area contributed by atoms with Gasteiger partial charge in [-0.25, -0.2) is 8.78 Å². The second kappa shape index (κ2) is 7.35. The van der Waals surface area contributed by atoms with Crippen molar-refractivity contribution in [2.75, 3.05) is 17.7 Å². The van der Waals surface area contributed by atoms with E-state index < -0.39 is 29.9 Å². The monoisotopic (exact) mass is 320 g/mol. The first kappa shape index (κ1) is 16.4. The molecule has 7 heteroatoms. The Morgan fingerprint density at radius 2 is 1.65 bits per heavy atom. The van der Waals surface area contributed by atoms with Gasteiger partial charge >= 0.3 is 0 Å². The van der Waals surface area contributed by atoms with Crippen molar-refractivity contribution in [3.05, 3.63) is 54.1 Å². The van der Waals surface area contributed by atoms with Gasteiger partial charge in [0, 0.05) is 11.8 Å². The summed E-state index contributed by atoms with van der Waals surface area (Å²) in [5, 5.41) is 4.74. The van der Waals surface area contributed by atoms with E-state index in [4.69, 9.17) is 4.74 Å². The Balaban J connectivity index is 1.90. The topological polar surface area (TPSA) is 67.4 Å². The molecule has 2 rings (SSSR count). The Morgan fingerprint density at radius 3 is 2.26 bits per heavy atom. The first-order chi connectivity index (χ1) is 11.0. The van der Waals surface area contributed by atoms with E-state index in [1.54, 1.807) is 24.3 Å². The number of hydrogen-bond donors (Lipinski definition) is 2. The van der Waals surface area contributed by atoms with Crippen molar-refractivity contribution in [2.24, 2.45) is 0 Å². The molecule has 0 bridgehead atoms. The molecule has 2 amide bonds. The minimum Gasteiger partial charge on any atom is -0.497 e. The van der Waals surface area contributed by atoms with Crippen LogP contribution in [0.25, 0.3) is 0 Å². The van der Waals surface area contributed by atoms with Crippen LogP contribution in [-0.4, -0.2) is 18.9 Å². The Hall–Kier alpha value is -2.96. The summed E-state index contributed by atoms with van der Waals surface area (Å²) in [6.45, 7) is 0. The fraction of sp³-hybridized carbons (Fsp3) is 0.125. The second-order valence-corrected chi connectivity index (χ2v) is 4.63. The highest BCUT2D eigenvalue weighted by atomic mass is 19.1. The third-order valence-corrected chi connectivity index (χ3v) is 2.90. The first-order valence-corrected chi connectivity index (χ1v) is 6.67. The van der Waals surface area contributed by atoms with Crippen LogP contribution in [0, 0.1) is 11.6 Å². The van der Waals surface area contributed by atoms with Gasteiger partial charge in [-0.05, 0) is 36.4 Å². The van der Waals surface area contributed by atoms with Gasteiger partial charge in [-0.2, -0.15) is 0 Å². The zero-order valence-corrected chi connectivity index (χ0v) is 12.2. The quantitative estimate of drug-likeness (QED) is 0.832. The van der Waals surface area contributed by atoms with Crippen molar-refractivity contribution in [3.63, 3.8) is 0 Å². The number of benzene rings is 2. The maximum Gasteiger partial charge on any atom is 0.233 e. The fourth-order valence-corrected chi connectivity index (χ4v) is 1.81. The van der Waals surface area contributed by atoms with Crippen LogP contribution in [0.1, 0.15) is 6.42 Å². The van der Waals surface area contributed by atoms with Crippen LogP contribution in [0.15, 0.2) is 42.5 Å². The van der Waals surface area contributed by atoms with Crippen molar-refractivity contribution < 1.29 is 23.1 Å². The van der Waals surface area contributed by atoms with Crippen molar-refractivity contribution >= 4 is 23.2 Å². The highest BCUT2D eigenvalue weighted by molar-refractivity contribution is 6.08. The van der Waals surface area contributed by atoms with Gasteiger partial charge in [0.25, 0.3) is 0 Å². The highest BCUT2D eigenvalue weighted by Crippen LogP contribution is 2.16. The van der Waals surface area contributed by atoms with Crippen LogP contribution >= 0.6 is 0 Å². The van der Waals surface area contributed by atoms with E-state index in [1.807, 2.05) is 0 Å². The summed E-state index contributed by atoms with van der Waals surface area (Å²) in [4.78, 5) is 23.4. The molecule has 0 fully saturated rings. The molecule has 0 radical (unpaired) electrons. The molecule has 0 aromatic heterocycles. The number of hydrogen-bond acceptors (Lipinski definition) is 3. The van der Waals surface area contributed by atoms with Gasteiger partial charge in [-0.1, -0.05) is 0 Å². The van der Waals surface area contributed by atoms with E-state index in [1.165, 1.54) is 7.11 Å². The van der Waals surface area contributed by atoms with E-state index in [0.29, 0.717) is 17.5 Å². The minimum absolute atomic E-state index is 0.186.